The third-order valence-electron chi connectivity index (χ3n) is 2.69. The smallest absolute Gasteiger partial charge is 0.311 e. The van der Waals surface area contributed by atoms with Crippen LogP contribution in [0, 0.1) is 5.92 Å². The minimum atomic E-state index is -0.583. The molecule has 1 rings (SSSR count). The Morgan fingerprint density at radius 2 is 1.94 bits per heavy atom. The quantitative estimate of drug-likeness (QED) is 0.617. The fraction of sp³-hybridized carbons (Fsp3) is 0.833. The van der Waals surface area contributed by atoms with Crippen LogP contribution in [-0.4, -0.2) is 62.9 Å². The topological polar surface area (TPSA) is 52.7 Å². The predicted octanol–water partition coefficient (Wildman–Crippen LogP) is 0.169. The summed E-state index contributed by atoms with van der Waals surface area (Å²) in [6, 6.07) is 0. The predicted molar refractivity (Wildman–Crippen MR) is 68.7 cm³/mol. The molecule has 1 N–H and O–H groups in total. The van der Waals surface area contributed by atoms with Crippen molar-refractivity contribution in [3.8, 4) is 0 Å². The summed E-state index contributed by atoms with van der Waals surface area (Å²) >= 11 is 0. The van der Waals surface area contributed by atoms with Crippen LogP contribution in [0.4, 0.5) is 0 Å². The molecule has 2 amide bonds. The molecule has 1 atom stereocenters. The van der Waals surface area contributed by atoms with E-state index in [-0.39, 0.29) is 0 Å². The number of likely N-dealkylation sites (tertiary alicyclic amines) is 1. The Bertz CT molecular complexity index is 246. The molecule has 100 valence electrons. The van der Waals surface area contributed by atoms with Crippen LogP contribution in [0.5, 0.6) is 0 Å². The largest absolute Gasteiger partial charge is 0.351 e. The van der Waals surface area contributed by atoms with Gasteiger partial charge in [0.05, 0.1) is 0 Å². The van der Waals surface area contributed by atoms with E-state index in [1.165, 1.54) is 52.0 Å². The van der Waals surface area contributed by atoms with Crippen molar-refractivity contribution in [2.24, 2.45) is 5.92 Å². The van der Waals surface area contributed by atoms with Crippen LogP contribution >= 0.6 is 0 Å². The molecule has 1 heterocycles. The fourth-order valence-corrected chi connectivity index (χ4v) is 1.73. The second-order valence-electron chi connectivity index (χ2n) is 4.79. The third-order valence-corrected chi connectivity index (χ3v) is 2.69. The molecule has 0 radical (unpaired) electrons. The molecule has 0 bridgehead atoms. The van der Waals surface area contributed by atoms with Gasteiger partial charge in [-0.25, -0.2) is 0 Å². The zero-order chi connectivity index (χ0) is 13.4. The molecule has 1 fully saturated rings. The van der Waals surface area contributed by atoms with Gasteiger partial charge in [0.15, 0.2) is 0 Å². The van der Waals surface area contributed by atoms with Gasteiger partial charge in [-0.1, -0.05) is 6.92 Å². The molecule has 0 spiro atoms. The first-order chi connectivity index (χ1) is 7.88. The summed E-state index contributed by atoms with van der Waals surface area (Å²) in [5.41, 5.74) is 0. The first-order valence-electron chi connectivity index (χ1n) is 6.00. The molecule has 17 heavy (non-hydrogen) atoms. The maximum Gasteiger partial charge on any atom is 0.311 e. The first kappa shape index (κ1) is 15.9. The Balaban J connectivity index is 0.000000302. The van der Waals surface area contributed by atoms with E-state index in [4.69, 9.17) is 0 Å². The van der Waals surface area contributed by atoms with Gasteiger partial charge in [0, 0.05) is 27.7 Å². The molecule has 0 aromatic carbocycles. The van der Waals surface area contributed by atoms with Crippen molar-refractivity contribution in [1.82, 2.24) is 15.1 Å². The van der Waals surface area contributed by atoms with Gasteiger partial charge in [0.25, 0.3) is 0 Å². The molecule has 5 nitrogen and oxygen atoms in total. The number of carbonyl (C=O) groups excluding carboxylic acids is 2. The van der Waals surface area contributed by atoms with E-state index in [9.17, 15) is 9.59 Å². The number of hydrogen-bond acceptors (Lipinski definition) is 3. The molecule has 5 heteroatoms. The van der Waals surface area contributed by atoms with Crippen molar-refractivity contribution in [2.75, 3.05) is 41.3 Å². The van der Waals surface area contributed by atoms with E-state index in [0.29, 0.717) is 0 Å². The van der Waals surface area contributed by atoms with Gasteiger partial charge in [-0.15, -0.1) is 0 Å². The molecule has 0 saturated carbocycles. The second-order valence-corrected chi connectivity index (χ2v) is 4.79. The highest BCUT2D eigenvalue weighted by Crippen LogP contribution is 2.12. The molecule has 1 unspecified atom stereocenters. The maximum absolute atomic E-state index is 10.6. The highest BCUT2D eigenvalue weighted by Gasteiger charge is 2.12. The number of likely N-dealkylation sites (N-methyl/N-ethyl adjacent to an activating group) is 2. The van der Waals surface area contributed by atoms with Crippen LogP contribution in [0.25, 0.3) is 0 Å². The summed E-state index contributed by atoms with van der Waals surface area (Å²) < 4.78 is 0. The van der Waals surface area contributed by atoms with Gasteiger partial charge in [0.2, 0.25) is 0 Å². The minimum absolute atomic E-state index is 0.530. The lowest BCUT2D eigenvalue weighted by Crippen LogP contribution is -2.37. The minimum Gasteiger partial charge on any atom is -0.351 e. The Hall–Kier alpha value is -1.10. The average molecular weight is 243 g/mol. The number of nitrogens with zero attached hydrogens (tertiary/aromatic N) is 2. The van der Waals surface area contributed by atoms with Crippen molar-refractivity contribution in [1.29, 1.82) is 0 Å². The summed E-state index contributed by atoms with van der Waals surface area (Å²) in [4.78, 5) is 24.7. The normalized spacial score (nSPS) is 19.9. The van der Waals surface area contributed by atoms with Crippen molar-refractivity contribution in [3.05, 3.63) is 0 Å². The molecule has 0 aromatic heterocycles. The standard InChI is InChI=1S/C7H15N.C5H10N2O2/c1-7-4-3-5-8(2)6-7;1-6-4(8)5(9)7(2)3/h7H,3-6H2,1-2H3;1-3H3,(H,6,8). The summed E-state index contributed by atoms with van der Waals surface area (Å²) in [7, 11) is 6.68. The average Bonchev–Trinajstić information content (AvgIpc) is 2.27. The number of amides is 2. The highest BCUT2D eigenvalue weighted by atomic mass is 16.2. The summed E-state index contributed by atoms with van der Waals surface area (Å²) in [6.45, 7) is 4.94. The Labute approximate surface area is 104 Å². The van der Waals surface area contributed by atoms with Crippen molar-refractivity contribution < 1.29 is 9.59 Å². The van der Waals surface area contributed by atoms with Crippen LogP contribution in [0.2, 0.25) is 0 Å². The summed E-state index contributed by atoms with van der Waals surface area (Å²) in [5.74, 6) is -0.175. The second kappa shape index (κ2) is 8.06. The zero-order valence-corrected chi connectivity index (χ0v) is 11.6. The van der Waals surface area contributed by atoms with Crippen molar-refractivity contribution >= 4 is 11.8 Å². The van der Waals surface area contributed by atoms with Crippen LogP contribution in [-0.2, 0) is 9.59 Å². The molecule has 1 aliphatic heterocycles. The van der Waals surface area contributed by atoms with Gasteiger partial charge in [0.1, 0.15) is 0 Å². The van der Waals surface area contributed by atoms with Crippen molar-refractivity contribution in [2.45, 2.75) is 19.8 Å². The van der Waals surface area contributed by atoms with E-state index in [0.717, 1.165) is 5.92 Å². The molecule has 1 saturated heterocycles. The SMILES string of the molecule is CC1CCCN(C)C1.CNC(=O)C(=O)N(C)C. The summed E-state index contributed by atoms with van der Waals surface area (Å²) in [5, 5.41) is 2.22. The molecule has 1 aliphatic rings. The molecule has 0 aromatic rings. The lowest BCUT2D eigenvalue weighted by Gasteiger charge is -2.26. The van der Waals surface area contributed by atoms with E-state index in [1.807, 2.05) is 0 Å². The lowest BCUT2D eigenvalue weighted by atomic mass is 10.0. The van der Waals surface area contributed by atoms with Crippen LogP contribution in [0.15, 0.2) is 0 Å². The summed E-state index contributed by atoms with van der Waals surface area (Å²) in [6.07, 6.45) is 2.84. The van der Waals surface area contributed by atoms with E-state index >= 15 is 0 Å². The van der Waals surface area contributed by atoms with E-state index < -0.39 is 11.8 Å². The Morgan fingerprint density at radius 3 is 2.18 bits per heavy atom. The lowest BCUT2D eigenvalue weighted by molar-refractivity contribution is -0.143. The molecular formula is C12H25N3O2. The van der Waals surface area contributed by atoms with E-state index in [2.05, 4.69) is 24.2 Å². The third kappa shape index (κ3) is 6.94. The number of carbonyl (C=O) groups is 2. The zero-order valence-electron chi connectivity index (χ0n) is 11.6. The maximum atomic E-state index is 10.6. The monoisotopic (exact) mass is 243 g/mol. The Morgan fingerprint density at radius 1 is 1.35 bits per heavy atom. The number of nitrogens with one attached hydrogen (secondary N) is 1. The Kier molecular flexibility index (Phi) is 7.54. The van der Waals surface area contributed by atoms with Crippen LogP contribution in [0.1, 0.15) is 19.8 Å². The van der Waals surface area contributed by atoms with Crippen LogP contribution < -0.4 is 5.32 Å². The number of piperidine rings is 1. The van der Waals surface area contributed by atoms with Gasteiger partial charge in [-0.05, 0) is 32.4 Å². The van der Waals surface area contributed by atoms with Gasteiger partial charge in [-0.2, -0.15) is 0 Å². The van der Waals surface area contributed by atoms with Gasteiger partial charge < -0.3 is 15.1 Å². The fourth-order valence-electron chi connectivity index (χ4n) is 1.73. The van der Waals surface area contributed by atoms with Crippen molar-refractivity contribution in [3.63, 3.8) is 0 Å². The number of hydrogen-bond donors (Lipinski definition) is 1. The number of rotatable bonds is 0. The van der Waals surface area contributed by atoms with E-state index in [1.54, 1.807) is 0 Å². The molecular weight excluding hydrogens is 218 g/mol. The first-order valence-corrected chi connectivity index (χ1v) is 6.00. The van der Waals surface area contributed by atoms with Crippen LogP contribution in [0.3, 0.4) is 0 Å². The van der Waals surface area contributed by atoms with Gasteiger partial charge in [-0.3, -0.25) is 9.59 Å². The molecule has 0 aliphatic carbocycles. The highest BCUT2D eigenvalue weighted by molar-refractivity contribution is 6.34. The van der Waals surface area contributed by atoms with Gasteiger partial charge >= 0.3 is 11.8 Å².